The molecule has 1 fully saturated rings. The summed E-state index contributed by atoms with van der Waals surface area (Å²) in [5.74, 6) is 2.09. The van der Waals surface area contributed by atoms with Gasteiger partial charge >= 0.3 is 0 Å². The highest BCUT2D eigenvalue weighted by Crippen LogP contribution is 2.35. The number of aromatic amines is 1. The third-order valence-corrected chi connectivity index (χ3v) is 5.97. The van der Waals surface area contributed by atoms with Gasteiger partial charge in [-0.1, -0.05) is 30.3 Å². The molecule has 0 bridgehead atoms. The summed E-state index contributed by atoms with van der Waals surface area (Å²) in [6, 6.07) is 16.3. The van der Waals surface area contributed by atoms with E-state index < -0.39 is 0 Å². The van der Waals surface area contributed by atoms with E-state index in [0.29, 0.717) is 30.4 Å². The van der Waals surface area contributed by atoms with Crippen LogP contribution in [-0.2, 0) is 6.42 Å². The zero-order valence-electron chi connectivity index (χ0n) is 16.8. The Morgan fingerprint density at radius 1 is 1.03 bits per heavy atom. The number of ether oxygens (including phenoxy) is 2. The Morgan fingerprint density at radius 3 is 2.60 bits per heavy atom. The molecule has 2 aliphatic rings. The second-order valence-electron chi connectivity index (χ2n) is 7.94. The van der Waals surface area contributed by atoms with Crippen LogP contribution in [0.3, 0.4) is 0 Å². The Labute approximate surface area is 175 Å². The van der Waals surface area contributed by atoms with Gasteiger partial charge in [-0.15, -0.1) is 0 Å². The molecule has 1 saturated heterocycles. The van der Waals surface area contributed by atoms with Crippen LogP contribution in [0.2, 0.25) is 0 Å². The van der Waals surface area contributed by atoms with Crippen molar-refractivity contribution in [2.24, 2.45) is 5.92 Å². The quantitative estimate of drug-likeness (QED) is 0.716. The van der Waals surface area contributed by atoms with Crippen molar-refractivity contribution in [3.63, 3.8) is 0 Å². The molecule has 1 aromatic heterocycles. The summed E-state index contributed by atoms with van der Waals surface area (Å²) in [5.41, 5.74) is 3.58. The lowest BCUT2D eigenvalue weighted by Gasteiger charge is -2.32. The first-order valence-electron chi connectivity index (χ1n) is 10.5. The van der Waals surface area contributed by atoms with E-state index in [1.54, 1.807) is 6.20 Å². The van der Waals surface area contributed by atoms with Gasteiger partial charge in [0.2, 0.25) is 0 Å². The molecule has 0 aliphatic carbocycles. The second kappa shape index (κ2) is 8.22. The standard InChI is InChI=1S/C24H25N3O3/c28-24(27-10-8-18(9-11-27)14-17-4-2-1-3-5-17)20-16-25-26-23(20)19-6-7-21-22(15-19)30-13-12-29-21/h1-7,15-16,18H,8-14H2,(H,25,26). The Morgan fingerprint density at radius 2 is 1.80 bits per heavy atom. The number of likely N-dealkylation sites (tertiary alicyclic amines) is 1. The highest BCUT2D eigenvalue weighted by molar-refractivity contribution is 6.00. The largest absolute Gasteiger partial charge is 0.486 e. The van der Waals surface area contributed by atoms with Crippen molar-refractivity contribution in [1.29, 1.82) is 0 Å². The van der Waals surface area contributed by atoms with Crippen molar-refractivity contribution in [3.8, 4) is 22.8 Å². The summed E-state index contributed by atoms with van der Waals surface area (Å²) in [6.45, 7) is 2.65. The van der Waals surface area contributed by atoms with Crippen LogP contribution in [0, 0.1) is 5.92 Å². The zero-order valence-corrected chi connectivity index (χ0v) is 16.8. The van der Waals surface area contributed by atoms with Gasteiger partial charge in [0.25, 0.3) is 5.91 Å². The van der Waals surface area contributed by atoms with E-state index in [9.17, 15) is 4.79 Å². The number of benzene rings is 2. The highest BCUT2D eigenvalue weighted by atomic mass is 16.6. The van der Waals surface area contributed by atoms with E-state index in [0.717, 1.165) is 49.4 Å². The van der Waals surface area contributed by atoms with Crippen molar-refractivity contribution >= 4 is 5.91 Å². The minimum atomic E-state index is 0.0341. The average molecular weight is 403 g/mol. The molecule has 0 saturated carbocycles. The van der Waals surface area contributed by atoms with E-state index in [1.165, 1.54) is 5.56 Å². The van der Waals surface area contributed by atoms with Gasteiger partial charge in [-0.2, -0.15) is 5.10 Å². The first-order chi connectivity index (χ1) is 14.8. The van der Waals surface area contributed by atoms with Gasteiger partial charge in [-0.05, 0) is 48.9 Å². The van der Waals surface area contributed by atoms with Crippen LogP contribution < -0.4 is 9.47 Å². The van der Waals surface area contributed by atoms with Gasteiger partial charge in [0, 0.05) is 18.7 Å². The van der Waals surface area contributed by atoms with Crippen molar-refractivity contribution in [3.05, 3.63) is 65.9 Å². The molecule has 2 aliphatic heterocycles. The first kappa shape index (κ1) is 18.7. The number of rotatable bonds is 4. The average Bonchev–Trinajstić information content (AvgIpc) is 3.29. The number of nitrogens with zero attached hydrogens (tertiary/aromatic N) is 2. The van der Waals surface area contributed by atoms with E-state index in [-0.39, 0.29) is 5.91 Å². The van der Waals surface area contributed by atoms with E-state index in [1.807, 2.05) is 23.1 Å². The maximum Gasteiger partial charge on any atom is 0.257 e. The third-order valence-electron chi connectivity index (χ3n) is 5.97. The third kappa shape index (κ3) is 3.77. The topological polar surface area (TPSA) is 67.5 Å². The number of nitrogens with one attached hydrogen (secondary N) is 1. The number of fused-ring (bicyclic) bond motifs is 1. The van der Waals surface area contributed by atoms with Crippen LogP contribution in [0.15, 0.2) is 54.7 Å². The van der Waals surface area contributed by atoms with Gasteiger partial charge in [0.15, 0.2) is 11.5 Å². The minimum Gasteiger partial charge on any atom is -0.486 e. The monoisotopic (exact) mass is 403 g/mol. The lowest BCUT2D eigenvalue weighted by Crippen LogP contribution is -2.39. The fraction of sp³-hybridized carbons (Fsp3) is 0.333. The maximum absolute atomic E-state index is 13.2. The summed E-state index contributed by atoms with van der Waals surface area (Å²) in [7, 11) is 0. The number of piperidine rings is 1. The summed E-state index contributed by atoms with van der Waals surface area (Å²) >= 11 is 0. The molecule has 0 radical (unpaired) electrons. The zero-order chi connectivity index (χ0) is 20.3. The highest BCUT2D eigenvalue weighted by Gasteiger charge is 2.27. The molecular weight excluding hydrogens is 378 g/mol. The molecule has 0 atom stereocenters. The molecule has 154 valence electrons. The summed E-state index contributed by atoms with van der Waals surface area (Å²) < 4.78 is 11.3. The molecule has 0 unspecified atom stereocenters. The number of carbonyl (C=O) groups excluding carboxylic acids is 1. The lowest BCUT2D eigenvalue weighted by molar-refractivity contribution is 0.0691. The Kier molecular flexibility index (Phi) is 5.13. The predicted octanol–water partition coefficient (Wildman–Crippen LogP) is 3.94. The van der Waals surface area contributed by atoms with Gasteiger partial charge in [-0.3, -0.25) is 9.89 Å². The Hall–Kier alpha value is -3.28. The van der Waals surface area contributed by atoms with Crippen LogP contribution >= 0.6 is 0 Å². The molecule has 5 rings (SSSR count). The smallest absolute Gasteiger partial charge is 0.257 e. The van der Waals surface area contributed by atoms with Crippen LogP contribution in [0.25, 0.3) is 11.3 Å². The summed E-state index contributed by atoms with van der Waals surface area (Å²) in [5, 5.41) is 7.15. The van der Waals surface area contributed by atoms with E-state index in [4.69, 9.17) is 9.47 Å². The number of amides is 1. The summed E-state index contributed by atoms with van der Waals surface area (Å²) in [4.78, 5) is 15.2. The fourth-order valence-electron chi connectivity index (χ4n) is 4.33. The number of hydrogen-bond acceptors (Lipinski definition) is 4. The normalized spacial score (nSPS) is 16.5. The van der Waals surface area contributed by atoms with E-state index in [2.05, 4.69) is 40.5 Å². The summed E-state index contributed by atoms with van der Waals surface area (Å²) in [6.07, 6.45) is 4.76. The number of hydrogen-bond donors (Lipinski definition) is 1. The molecule has 3 heterocycles. The molecule has 6 nitrogen and oxygen atoms in total. The van der Waals surface area contributed by atoms with Gasteiger partial charge in [0.05, 0.1) is 17.5 Å². The maximum atomic E-state index is 13.2. The van der Waals surface area contributed by atoms with Crippen LogP contribution in [0.4, 0.5) is 0 Å². The number of H-pyrrole nitrogens is 1. The van der Waals surface area contributed by atoms with Gasteiger partial charge in [0.1, 0.15) is 13.2 Å². The molecular formula is C24H25N3O3. The van der Waals surface area contributed by atoms with Crippen molar-refractivity contribution in [1.82, 2.24) is 15.1 Å². The fourth-order valence-corrected chi connectivity index (χ4v) is 4.33. The van der Waals surface area contributed by atoms with Crippen molar-refractivity contribution < 1.29 is 14.3 Å². The van der Waals surface area contributed by atoms with Crippen LogP contribution in [0.5, 0.6) is 11.5 Å². The lowest BCUT2D eigenvalue weighted by atomic mass is 9.90. The Balaban J connectivity index is 1.27. The minimum absolute atomic E-state index is 0.0341. The Bertz CT molecular complexity index is 1020. The molecule has 1 amide bonds. The first-order valence-corrected chi connectivity index (χ1v) is 10.5. The second-order valence-corrected chi connectivity index (χ2v) is 7.94. The molecule has 6 heteroatoms. The molecule has 0 spiro atoms. The predicted molar refractivity (Wildman–Crippen MR) is 114 cm³/mol. The molecule has 2 aromatic carbocycles. The molecule has 1 N–H and O–H groups in total. The van der Waals surface area contributed by atoms with Gasteiger partial charge < -0.3 is 14.4 Å². The van der Waals surface area contributed by atoms with Crippen LogP contribution in [0.1, 0.15) is 28.8 Å². The van der Waals surface area contributed by atoms with Gasteiger partial charge in [-0.25, -0.2) is 0 Å². The van der Waals surface area contributed by atoms with Crippen molar-refractivity contribution in [2.75, 3.05) is 26.3 Å². The molecule has 30 heavy (non-hydrogen) atoms. The van der Waals surface area contributed by atoms with Crippen LogP contribution in [-0.4, -0.2) is 47.3 Å². The van der Waals surface area contributed by atoms with Crippen molar-refractivity contribution in [2.45, 2.75) is 19.3 Å². The SMILES string of the molecule is O=C(c1cn[nH]c1-c1ccc2c(c1)OCCO2)N1CCC(Cc2ccccc2)CC1. The number of aromatic nitrogens is 2. The number of carbonyl (C=O) groups is 1. The van der Waals surface area contributed by atoms with E-state index >= 15 is 0 Å². The molecule has 3 aromatic rings.